The third-order valence-corrected chi connectivity index (χ3v) is 3.83. The van der Waals surface area contributed by atoms with Gasteiger partial charge >= 0.3 is 0 Å². The molecule has 4 heteroatoms. The molecule has 0 saturated heterocycles. The van der Waals surface area contributed by atoms with Crippen molar-refractivity contribution in [3.63, 3.8) is 0 Å². The minimum absolute atomic E-state index is 0.0744. The summed E-state index contributed by atoms with van der Waals surface area (Å²) in [5, 5.41) is 6.26. The van der Waals surface area contributed by atoms with Crippen LogP contribution in [0.25, 0.3) is 0 Å². The SMILES string of the molecule is COc1cccc(CCNCCC(=O)NCc2cccc(C)c2)c1. The van der Waals surface area contributed by atoms with Crippen LogP contribution >= 0.6 is 0 Å². The number of carbonyl (C=O) groups excluding carboxylic acids is 1. The standard InChI is InChI=1S/C20H26N2O2/c1-16-5-3-7-18(13-16)15-22-20(23)10-12-21-11-9-17-6-4-8-19(14-17)24-2/h3-8,13-14,21H,9-12,15H2,1-2H3,(H,22,23). The number of amides is 1. The molecule has 0 aromatic heterocycles. The van der Waals surface area contributed by atoms with Gasteiger partial charge in [-0.05, 0) is 43.1 Å². The Morgan fingerprint density at radius 1 is 1.04 bits per heavy atom. The monoisotopic (exact) mass is 326 g/mol. The number of hydrogen-bond donors (Lipinski definition) is 2. The van der Waals surface area contributed by atoms with Gasteiger partial charge in [-0.2, -0.15) is 0 Å². The molecule has 2 N–H and O–H groups in total. The van der Waals surface area contributed by atoms with Crippen LogP contribution in [0.5, 0.6) is 5.75 Å². The number of nitrogens with one attached hydrogen (secondary N) is 2. The summed E-state index contributed by atoms with van der Waals surface area (Å²) in [6, 6.07) is 16.2. The molecule has 2 aromatic carbocycles. The minimum atomic E-state index is 0.0744. The van der Waals surface area contributed by atoms with Crippen molar-refractivity contribution in [2.75, 3.05) is 20.2 Å². The quantitative estimate of drug-likeness (QED) is 0.697. The predicted octanol–water partition coefficient (Wildman–Crippen LogP) is 2.84. The number of carbonyl (C=O) groups is 1. The van der Waals surface area contributed by atoms with E-state index in [9.17, 15) is 4.79 Å². The molecule has 0 spiro atoms. The molecule has 2 aromatic rings. The van der Waals surface area contributed by atoms with E-state index < -0.39 is 0 Å². The van der Waals surface area contributed by atoms with Crippen molar-refractivity contribution >= 4 is 5.91 Å². The van der Waals surface area contributed by atoms with E-state index in [1.54, 1.807) is 7.11 Å². The number of benzene rings is 2. The summed E-state index contributed by atoms with van der Waals surface area (Å²) < 4.78 is 5.21. The molecule has 0 aliphatic rings. The lowest BCUT2D eigenvalue weighted by molar-refractivity contribution is -0.121. The van der Waals surface area contributed by atoms with Crippen LogP contribution in [0.3, 0.4) is 0 Å². The van der Waals surface area contributed by atoms with E-state index in [1.165, 1.54) is 11.1 Å². The number of rotatable bonds is 9. The summed E-state index contributed by atoms with van der Waals surface area (Å²) in [5.41, 5.74) is 3.57. The lowest BCUT2D eigenvalue weighted by atomic mass is 10.1. The fraction of sp³-hybridized carbons (Fsp3) is 0.350. The first-order valence-electron chi connectivity index (χ1n) is 8.33. The van der Waals surface area contributed by atoms with Gasteiger partial charge in [0.25, 0.3) is 0 Å². The third kappa shape index (κ3) is 6.42. The molecule has 1 amide bonds. The topological polar surface area (TPSA) is 50.4 Å². The van der Waals surface area contributed by atoms with Crippen LogP contribution in [0.4, 0.5) is 0 Å². The summed E-state index contributed by atoms with van der Waals surface area (Å²) in [6.45, 7) is 4.17. The Hall–Kier alpha value is -2.33. The van der Waals surface area contributed by atoms with E-state index in [-0.39, 0.29) is 5.91 Å². The summed E-state index contributed by atoms with van der Waals surface area (Å²) in [6.07, 6.45) is 1.41. The van der Waals surface area contributed by atoms with Crippen LogP contribution in [0.2, 0.25) is 0 Å². The van der Waals surface area contributed by atoms with Crippen molar-refractivity contribution in [3.8, 4) is 5.75 Å². The van der Waals surface area contributed by atoms with Gasteiger partial charge < -0.3 is 15.4 Å². The van der Waals surface area contributed by atoms with Crippen molar-refractivity contribution in [2.45, 2.75) is 26.3 Å². The zero-order chi connectivity index (χ0) is 17.2. The Morgan fingerprint density at radius 3 is 2.62 bits per heavy atom. The van der Waals surface area contributed by atoms with E-state index in [0.29, 0.717) is 19.5 Å². The number of hydrogen-bond acceptors (Lipinski definition) is 3. The number of aryl methyl sites for hydroxylation is 1. The summed E-state index contributed by atoms with van der Waals surface area (Å²) in [5.74, 6) is 0.952. The van der Waals surface area contributed by atoms with Gasteiger partial charge in [-0.3, -0.25) is 4.79 Å². The first kappa shape index (κ1) is 18.0. The normalized spacial score (nSPS) is 10.4. The molecule has 0 fully saturated rings. The van der Waals surface area contributed by atoms with Gasteiger partial charge in [0.15, 0.2) is 0 Å². The van der Waals surface area contributed by atoms with Crippen LogP contribution in [0.15, 0.2) is 48.5 Å². The fourth-order valence-corrected chi connectivity index (χ4v) is 2.50. The zero-order valence-corrected chi connectivity index (χ0v) is 14.5. The summed E-state index contributed by atoms with van der Waals surface area (Å²) in [7, 11) is 1.67. The molecule has 0 saturated carbocycles. The van der Waals surface area contributed by atoms with E-state index in [1.807, 2.05) is 30.3 Å². The van der Waals surface area contributed by atoms with Gasteiger partial charge in [-0.1, -0.05) is 42.0 Å². The van der Waals surface area contributed by atoms with Crippen LogP contribution < -0.4 is 15.4 Å². The summed E-state index contributed by atoms with van der Waals surface area (Å²) >= 11 is 0. The smallest absolute Gasteiger partial charge is 0.221 e. The fourth-order valence-electron chi connectivity index (χ4n) is 2.50. The number of methoxy groups -OCH3 is 1. The molecule has 24 heavy (non-hydrogen) atoms. The zero-order valence-electron chi connectivity index (χ0n) is 14.5. The van der Waals surface area contributed by atoms with Crippen molar-refractivity contribution in [2.24, 2.45) is 0 Å². The largest absolute Gasteiger partial charge is 0.497 e. The van der Waals surface area contributed by atoms with Crippen LogP contribution in [-0.2, 0) is 17.8 Å². The van der Waals surface area contributed by atoms with Crippen LogP contribution in [0, 0.1) is 6.92 Å². The van der Waals surface area contributed by atoms with Gasteiger partial charge in [-0.25, -0.2) is 0 Å². The average Bonchev–Trinajstić information content (AvgIpc) is 2.60. The Balaban J connectivity index is 1.59. The Labute approximate surface area is 144 Å². The maximum atomic E-state index is 11.9. The summed E-state index contributed by atoms with van der Waals surface area (Å²) in [4.78, 5) is 11.9. The molecule has 0 heterocycles. The van der Waals surface area contributed by atoms with Gasteiger partial charge in [0, 0.05) is 19.5 Å². The molecule has 0 aliphatic carbocycles. The van der Waals surface area contributed by atoms with Gasteiger partial charge in [-0.15, -0.1) is 0 Å². The van der Waals surface area contributed by atoms with Crippen LogP contribution in [0.1, 0.15) is 23.1 Å². The highest BCUT2D eigenvalue weighted by Crippen LogP contribution is 2.12. The molecule has 0 aliphatic heterocycles. The highest BCUT2D eigenvalue weighted by atomic mass is 16.5. The molecule has 0 unspecified atom stereocenters. The lowest BCUT2D eigenvalue weighted by Gasteiger charge is -2.08. The molecule has 0 radical (unpaired) electrons. The predicted molar refractivity (Wildman–Crippen MR) is 97.2 cm³/mol. The van der Waals surface area contributed by atoms with Gasteiger partial charge in [0.1, 0.15) is 5.75 Å². The van der Waals surface area contributed by atoms with Gasteiger partial charge in [0.05, 0.1) is 7.11 Å². The van der Waals surface area contributed by atoms with Crippen molar-refractivity contribution in [1.29, 1.82) is 0 Å². The highest BCUT2D eigenvalue weighted by molar-refractivity contribution is 5.76. The molecular weight excluding hydrogens is 300 g/mol. The first-order chi connectivity index (χ1) is 11.7. The van der Waals surface area contributed by atoms with E-state index in [4.69, 9.17) is 4.74 Å². The maximum absolute atomic E-state index is 11.9. The Kier molecular flexibility index (Phi) is 7.30. The van der Waals surface area contributed by atoms with Gasteiger partial charge in [0.2, 0.25) is 5.91 Å². The number of ether oxygens (including phenoxy) is 1. The third-order valence-electron chi connectivity index (χ3n) is 3.83. The van der Waals surface area contributed by atoms with Crippen molar-refractivity contribution in [3.05, 3.63) is 65.2 Å². The molecule has 0 atom stereocenters. The maximum Gasteiger partial charge on any atom is 0.221 e. The lowest BCUT2D eigenvalue weighted by Crippen LogP contribution is -2.28. The highest BCUT2D eigenvalue weighted by Gasteiger charge is 2.02. The molecule has 2 rings (SSSR count). The molecular formula is C20H26N2O2. The second-order valence-electron chi connectivity index (χ2n) is 5.87. The van der Waals surface area contributed by atoms with E-state index >= 15 is 0 Å². The minimum Gasteiger partial charge on any atom is -0.497 e. The Morgan fingerprint density at radius 2 is 1.83 bits per heavy atom. The van der Waals surface area contributed by atoms with Crippen molar-refractivity contribution in [1.82, 2.24) is 10.6 Å². The first-order valence-corrected chi connectivity index (χ1v) is 8.33. The molecule has 0 bridgehead atoms. The second-order valence-corrected chi connectivity index (χ2v) is 5.87. The second kappa shape index (κ2) is 9.73. The van der Waals surface area contributed by atoms with Crippen LogP contribution in [-0.4, -0.2) is 26.1 Å². The Bertz CT molecular complexity index is 656. The van der Waals surface area contributed by atoms with E-state index in [2.05, 4.69) is 35.8 Å². The van der Waals surface area contributed by atoms with Crippen molar-refractivity contribution < 1.29 is 9.53 Å². The molecule has 128 valence electrons. The average molecular weight is 326 g/mol. The molecule has 4 nitrogen and oxygen atoms in total. The van der Waals surface area contributed by atoms with E-state index in [0.717, 1.165) is 24.3 Å².